The van der Waals surface area contributed by atoms with Gasteiger partial charge in [0.1, 0.15) is 18.0 Å². The van der Waals surface area contributed by atoms with Crippen LogP contribution >= 0.6 is 0 Å². The highest BCUT2D eigenvalue weighted by atomic mass is 16.5. The lowest BCUT2D eigenvalue weighted by molar-refractivity contribution is -0.0230. The van der Waals surface area contributed by atoms with Gasteiger partial charge < -0.3 is 15.2 Å². The van der Waals surface area contributed by atoms with Crippen molar-refractivity contribution in [3.8, 4) is 5.75 Å². The van der Waals surface area contributed by atoms with Gasteiger partial charge >= 0.3 is 0 Å². The highest BCUT2D eigenvalue weighted by Gasteiger charge is 2.29. The molecule has 0 spiro atoms. The summed E-state index contributed by atoms with van der Waals surface area (Å²) < 4.78 is 5.69. The third kappa shape index (κ3) is 3.20. The van der Waals surface area contributed by atoms with Gasteiger partial charge in [0.05, 0.1) is 0 Å². The third-order valence-electron chi connectivity index (χ3n) is 3.44. The van der Waals surface area contributed by atoms with Crippen LogP contribution in [-0.4, -0.2) is 30.4 Å². The van der Waals surface area contributed by atoms with Gasteiger partial charge in [-0.1, -0.05) is 6.07 Å². The Labute approximate surface area is 103 Å². The van der Waals surface area contributed by atoms with E-state index in [1.165, 1.54) is 11.1 Å². The molecule has 0 aromatic heterocycles. The first kappa shape index (κ1) is 12.4. The number of β-amino-alcohol motifs (C(OH)–C–C–N with tert-alkyl or cyclic N) is 1. The van der Waals surface area contributed by atoms with Gasteiger partial charge in [0.15, 0.2) is 0 Å². The minimum atomic E-state index is -0.711. The molecule has 2 N–H and O–H groups in total. The quantitative estimate of drug-likeness (QED) is 0.839. The minimum Gasteiger partial charge on any atom is -0.491 e. The van der Waals surface area contributed by atoms with Gasteiger partial charge in [0.2, 0.25) is 0 Å². The van der Waals surface area contributed by atoms with E-state index in [4.69, 9.17) is 4.74 Å². The molecule has 1 heterocycles. The van der Waals surface area contributed by atoms with E-state index in [1.54, 1.807) is 0 Å². The van der Waals surface area contributed by atoms with E-state index in [9.17, 15) is 5.11 Å². The van der Waals surface area contributed by atoms with Crippen LogP contribution in [0.15, 0.2) is 18.2 Å². The monoisotopic (exact) mass is 235 g/mol. The van der Waals surface area contributed by atoms with Gasteiger partial charge in [0, 0.05) is 6.54 Å². The Balaban J connectivity index is 1.94. The van der Waals surface area contributed by atoms with Crippen molar-refractivity contribution in [2.45, 2.75) is 32.3 Å². The van der Waals surface area contributed by atoms with Crippen molar-refractivity contribution in [2.24, 2.45) is 0 Å². The minimum absolute atomic E-state index is 0.364. The van der Waals surface area contributed by atoms with Gasteiger partial charge in [-0.15, -0.1) is 0 Å². The topological polar surface area (TPSA) is 41.5 Å². The average Bonchev–Trinajstić information content (AvgIpc) is 2.32. The maximum absolute atomic E-state index is 10.3. The highest BCUT2D eigenvalue weighted by molar-refractivity contribution is 5.33. The number of ether oxygens (including phenoxy) is 1. The molecule has 0 aliphatic carbocycles. The Morgan fingerprint density at radius 3 is 2.82 bits per heavy atom. The lowest BCUT2D eigenvalue weighted by Crippen LogP contribution is -2.49. The Bertz CT molecular complexity index is 384. The Hall–Kier alpha value is -1.06. The third-order valence-corrected chi connectivity index (χ3v) is 3.44. The van der Waals surface area contributed by atoms with Crippen LogP contribution in [0.1, 0.15) is 24.0 Å². The number of piperidine rings is 1. The van der Waals surface area contributed by atoms with Crippen molar-refractivity contribution in [1.29, 1.82) is 0 Å². The van der Waals surface area contributed by atoms with Gasteiger partial charge in [-0.2, -0.15) is 0 Å². The fourth-order valence-corrected chi connectivity index (χ4v) is 2.10. The van der Waals surface area contributed by atoms with E-state index >= 15 is 0 Å². The molecule has 2 rings (SSSR count). The lowest BCUT2D eigenvalue weighted by Gasteiger charge is -2.32. The van der Waals surface area contributed by atoms with E-state index in [0.717, 1.165) is 25.1 Å². The zero-order valence-corrected chi connectivity index (χ0v) is 10.6. The van der Waals surface area contributed by atoms with E-state index in [1.807, 2.05) is 18.2 Å². The summed E-state index contributed by atoms with van der Waals surface area (Å²) in [6.45, 7) is 6.13. The standard InChI is InChI=1S/C14H21NO2/c1-11-4-5-13(8-12(11)2)17-10-14(16)6-3-7-15-9-14/h4-5,8,15-16H,3,6-7,9-10H2,1-2H3. The Morgan fingerprint density at radius 1 is 1.35 bits per heavy atom. The fraction of sp³-hybridized carbons (Fsp3) is 0.571. The average molecular weight is 235 g/mol. The summed E-state index contributed by atoms with van der Waals surface area (Å²) in [6.07, 6.45) is 1.82. The number of hydrogen-bond acceptors (Lipinski definition) is 3. The van der Waals surface area contributed by atoms with Crippen molar-refractivity contribution in [3.63, 3.8) is 0 Å². The molecule has 1 unspecified atom stereocenters. The number of nitrogens with one attached hydrogen (secondary N) is 1. The molecule has 1 saturated heterocycles. The van der Waals surface area contributed by atoms with E-state index in [-0.39, 0.29) is 0 Å². The largest absolute Gasteiger partial charge is 0.491 e. The summed E-state index contributed by atoms with van der Waals surface area (Å²) in [5.74, 6) is 0.840. The molecular formula is C14H21NO2. The van der Waals surface area contributed by atoms with Crippen LogP contribution in [0.4, 0.5) is 0 Å². The maximum Gasteiger partial charge on any atom is 0.119 e. The second-order valence-corrected chi connectivity index (χ2v) is 5.04. The lowest BCUT2D eigenvalue weighted by atomic mass is 9.95. The SMILES string of the molecule is Cc1ccc(OCC2(O)CCCNC2)cc1C. The van der Waals surface area contributed by atoms with E-state index < -0.39 is 5.60 Å². The molecule has 0 bridgehead atoms. The molecule has 3 heteroatoms. The van der Waals surface area contributed by atoms with Crippen molar-refractivity contribution >= 4 is 0 Å². The molecule has 0 radical (unpaired) electrons. The van der Waals surface area contributed by atoms with Crippen LogP contribution in [0.2, 0.25) is 0 Å². The zero-order valence-electron chi connectivity index (χ0n) is 10.6. The number of aliphatic hydroxyl groups is 1. The molecule has 1 atom stereocenters. The molecule has 3 nitrogen and oxygen atoms in total. The predicted octanol–water partition coefficient (Wildman–Crippen LogP) is 1.80. The number of rotatable bonds is 3. The molecule has 94 valence electrons. The van der Waals surface area contributed by atoms with Gasteiger partial charge in [-0.25, -0.2) is 0 Å². The highest BCUT2D eigenvalue weighted by Crippen LogP contribution is 2.20. The van der Waals surface area contributed by atoms with Gasteiger partial charge in [0.25, 0.3) is 0 Å². The smallest absolute Gasteiger partial charge is 0.119 e. The molecule has 0 saturated carbocycles. The molecular weight excluding hydrogens is 214 g/mol. The first-order valence-electron chi connectivity index (χ1n) is 6.22. The summed E-state index contributed by atoms with van der Waals surface area (Å²) in [5, 5.41) is 13.5. The Morgan fingerprint density at radius 2 is 2.18 bits per heavy atom. The van der Waals surface area contributed by atoms with Crippen LogP contribution in [0.3, 0.4) is 0 Å². The van der Waals surface area contributed by atoms with Crippen molar-refractivity contribution < 1.29 is 9.84 Å². The molecule has 1 fully saturated rings. The number of benzene rings is 1. The number of aryl methyl sites for hydroxylation is 2. The summed E-state index contributed by atoms with van der Waals surface area (Å²) >= 11 is 0. The summed E-state index contributed by atoms with van der Waals surface area (Å²) in [5.41, 5.74) is 1.77. The van der Waals surface area contributed by atoms with Gasteiger partial charge in [-0.3, -0.25) is 0 Å². The molecule has 1 aliphatic rings. The van der Waals surface area contributed by atoms with Crippen molar-refractivity contribution in [3.05, 3.63) is 29.3 Å². The Kier molecular flexibility index (Phi) is 3.69. The summed E-state index contributed by atoms with van der Waals surface area (Å²) in [6, 6.07) is 6.03. The molecule has 1 aliphatic heterocycles. The number of hydrogen-bond donors (Lipinski definition) is 2. The summed E-state index contributed by atoms with van der Waals surface area (Å²) in [7, 11) is 0. The van der Waals surface area contributed by atoms with Crippen LogP contribution in [0, 0.1) is 13.8 Å². The second kappa shape index (κ2) is 5.07. The van der Waals surface area contributed by atoms with Crippen LogP contribution < -0.4 is 10.1 Å². The van der Waals surface area contributed by atoms with Crippen LogP contribution in [0.5, 0.6) is 5.75 Å². The van der Waals surface area contributed by atoms with Crippen LogP contribution in [-0.2, 0) is 0 Å². The van der Waals surface area contributed by atoms with Crippen molar-refractivity contribution in [2.75, 3.05) is 19.7 Å². The molecule has 1 aromatic rings. The van der Waals surface area contributed by atoms with E-state index in [2.05, 4.69) is 19.2 Å². The fourth-order valence-electron chi connectivity index (χ4n) is 2.10. The molecule has 0 amide bonds. The first-order chi connectivity index (χ1) is 8.09. The zero-order chi connectivity index (χ0) is 12.3. The first-order valence-corrected chi connectivity index (χ1v) is 6.22. The van der Waals surface area contributed by atoms with Crippen LogP contribution in [0.25, 0.3) is 0 Å². The normalized spacial score (nSPS) is 24.6. The maximum atomic E-state index is 10.3. The second-order valence-electron chi connectivity index (χ2n) is 5.04. The van der Waals surface area contributed by atoms with Crippen molar-refractivity contribution in [1.82, 2.24) is 5.32 Å². The van der Waals surface area contributed by atoms with Gasteiger partial charge in [-0.05, 0) is 56.5 Å². The molecule has 1 aromatic carbocycles. The molecule has 17 heavy (non-hydrogen) atoms. The van der Waals surface area contributed by atoms with E-state index in [0.29, 0.717) is 13.2 Å². The predicted molar refractivity (Wildman–Crippen MR) is 68.5 cm³/mol. The summed E-state index contributed by atoms with van der Waals surface area (Å²) in [4.78, 5) is 0.